The molecule has 0 saturated carbocycles. The second kappa shape index (κ2) is 7.59. The van der Waals surface area contributed by atoms with E-state index >= 15 is 0 Å². The topological polar surface area (TPSA) is 71.5 Å². The Bertz CT molecular complexity index is 718. The summed E-state index contributed by atoms with van der Waals surface area (Å²) in [5.41, 5.74) is 1.84. The zero-order chi connectivity index (χ0) is 16.8. The lowest BCUT2D eigenvalue weighted by Gasteiger charge is -2.20. The van der Waals surface area contributed by atoms with Crippen molar-refractivity contribution in [2.75, 3.05) is 19.7 Å². The minimum Gasteiger partial charge on any atom is -0.483 e. The smallest absolute Gasteiger partial charge is 0.260 e. The van der Waals surface area contributed by atoms with E-state index in [0.29, 0.717) is 19.6 Å². The number of nitrogens with one attached hydrogen (secondary N) is 1. The van der Waals surface area contributed by atoms with Crippen LogP contribution < -0.4 is 10.1 Å². The van der Waals surface area contributed by atoms with Gasteiger partial charge in [-0.05, 0) is 17.7 Å². The molecule has 2 aromatic rings. The molecule has 0 atom stereocenters. The van der Waals surface area contributed by atoms with E-state index in [0.717, 1.165) is 16.9 Å². The summed E-state index contributed by atoms with van der Waals surface area (Å²) in [4.78, 5) is 29.8. The Morgan fingerprint density at radius 1 is 1.25 bits per heavy atom. The van der Waals surface area contributed by atoms with Gasteiger partial charge in [0.2, 0.25) is 5.91 Å². The predicted octanol–water partition coefficient (Wildman–Crippen LogP) is 1.16. The first-order valence-electron chi connectivity index (χ1n) is 7.86. The van der Waals surface area contributed by atoms with Gasteiger partial charge in [0.25, 0.3) is 5.91 Å². The van der Waals surface area contributed by atoms with Gasteiger partial charge < -0.3 is 15.0 Å². The molecule has 1 aliphatic heterocycles. The van der Waals surface area contributed by atoms with Gasteiger partial charge in [-0.15, -0.1) is 0 Å². The molecule has 2 heterocycles. The molecule has 6 heteroatoms. The van der Waals surface area contributed by atoms with Crippen LogP contribution in [0.5, 0.6) is 5.75 Å². The maximum atomic E-state index is 12.1. The highest BCUT2D eigenvalue weighted by molar-refractivity contribution is 5.79. The Hall–Kier alpha value is -2.89. The second-order valence-corrected chi connectivity index (χ2v) is 5.60. The number of rotatable bonds is 5. The number of ether oxygens (including phenoxy) is 1. The summed E-state index contributed by atoms with van der Waals surface area (Å²) in [6.07, 6.45) is 3.63. The molecule has 1 N–H and O–H groups in total. The maximum Gasteiger partial charge on any atom is 0.260 e. The molecule has 0 aliphatic carbocycles. The van der Waals surface area contributed by atoms with Crippen molar-refractivity contribution in [2.24, 2.45) is 0 Å². The zero-order valence-electron chi connectivity index (χ0n) is 13.3. The van der Waals surface area contributed by atoms with E-state index in [1.807, 2.05) is 30.3 Å². The number of fused-ring (bicyclic) bond motifs is 1. The summed E-state index contributed by atoms with van der Waals surface area (Å²) in [7, 11) is 0. The van der Waals surface area contributed by atoms with Crippen LogP contribution in [-0.4, -0.2) is 41.4 Å². The molecule has 2 amide bonds. The summed E-state index contributed by atoms with van der Waals surface area (Å²) in [5, 5.41) is 2.84. The van der Waals surface area contributed by atoms with Crippen LogP contribution >= 0.6 is 0 Å². The van der Waals surface area contributed by atoms with E-state index in [9.17, 15) is 9.59 Å². The third-order valence-corrected chi connectivity index (χ3v) is 3.83. The van der Waals surface area contributed by atoms with Gasteiger partial charge in [-0.3, -0.25) is 14.6 Å². The van der Waals surface area contributed by atoms with Crippen LogP contribution in [0.25, 0.3) is 0 Å². The Morgan fingerprint density at radius 2 is 2.12 bits per heavy atom. The molecule has 1 aromatic heterocycles. The number of amides is 2. The number of aromatic nitrogens is 1. The predicted molar refractivity (Wildman–Crippen MR) is 88.3 cm³/mol. The Kier molecular flexibility index (Phi) is 5.05. The molecule has 6 nitrogen and oxygen atoms in total. The van der Waals surface area contributed by atoms with Gasteiger partial charge in [-0.25, -0.2) is 0 Å². The van der Waals surface area contributed by atoms with Crippen LogP contribution in [-0.2, 0) is 22.6 Å². The molecule has 1 aliphatic rings. The second-order valence-electron chi connectivity index (χ2n) is 5.60. The fourth-order valence-electron chi connectivity index (χ4n) is 2.58. The quantitative estimate of drug-likeness (QED) is 0.895. The third-order valence-electron chi connectivity index (χ3n) is 3.83. The summed E-state index contributed by atoms with van der Waals surface area (Å²) >= 11 is 0. The van der Waals surface area contributed by atoms with Gasteiger partial charge in [-0.2, -0.15) is 0 Å². The van der Waals surface area contributed by atoms with Crippen molar-refractivity contribution in [1.82, 2.24) is 15.2 Å². The van der Waals surface area contributed by atoms with Gasteiger partial charge >= 0.3 is 0 Å². The first kappa shape index (κ1) is 16.0. The van der Waals surface area contributed by atoms with E-state index in [1.54, 1.807) is 23.4 Å². The molecule has 0 saturated heterocycles. The van der Waals surface area contributed by atoms with Crippen LogP contribution in [0.15, 0.2) is 48.8 Å². The molecule has 0 bridgehead atoms. The number of pyridine rings is 1. The molecule has 24 heavy (non-hydrogen) atoms. The largest absolute Gasteiger partial charge is 0.483 e. The van der Waals surface area contributed by atoms with Crippen molar-refractivity contribution >= 4 is 11.8 Å². The van der Waals surface area contributed by atoms with Crippen molar-refractivity contribution < 1.29 is 14.3 Å². The van der Waals surface area contributed by atoms with Crippen molar-refractivity contribution in [3.63, 3.8) is 0 Å². The van der Waals surface area contributed by atoms with Crippen molar-refractivity contribution in [1.29, 1.82) is 0 Å². The number of carbonyl (C=O) groups is 2. The van der Waals surface area contributed by atoms with Crippen LogP contribution in [0.2, 0.25) is 0 Å². The first-order valence-corrected chi connectivity index (χ1v) is 7.86. The fourth-order valence-corrected chi connectivity index (χ4v) is 2.58. The maximum absolute atomic E-state index is 12.1. The lowest BCUT2D eigenvalue weighted by molar-refractivity contribution is -0.133. The van der Waals surface area contributed by atoms with Gasteiger partial charge in [0.15, 0.2) is 6.61 Å². The van der Waals surface area contributed by atoms with E-state index in [4.69, 9.17) is 4.74 Å². The minimum atomic E-state index is -0.0816. The minimum absolute atomic E-state index is 0.0284. The Labute approximate surface area is 140 Å². The summed E-state index contributed by atoms with van der Waals surface area (Å²) in [6, 6.07) is 11.3. The van der Waals surface area contributed by atoms with Gasteiger partial charge in [0, 0.05) is 37.6 Å². The van der Waals surface area contributed by atoms with Gasteiger partial charge in [0.05, 0.1) is 6.42 Å². The highest BCUT2D eigenvalue weighted by Gasteiger charge is 2.20. The van der Waals surface area contributed by atoms with Crippen molar-refractivity contribution in [2.45, 2.75) is 13.0 Å². The molecular weight excluding hydrogens is 306 g/mol. The molecular formula is C18H19N3O3. The first-order chi connectivity index (χ1) is 11.7. The monoisotopic (exact) mass is 325 g/mol. The lowest BCUT2D eigenvalue weighted by Crippen LogP contribution is -2.39. The molecule has 0 unspecified atom stereocenters. The molecule has 0 fully saturated rings. The number of carbonyl (C=O) groups excluding carboxylic acids is 2. The molecule has 0 radical (unpaired) electrons. The van der Waals surface area contributed by atoms with E-state index in [-0.39, 0.29) is 24.8 Å². The number of hydrogen-bond donors (Lipinski definition) is 1. The summed E-state index contributed by atoms with van der Waals surface area (Å²) in [5.74, 6) is 0.587. The van der Waals surface area contributed by atoms with Crippen LogP contribution in [0.4, 0.5) is 0 Å². The molecule has 3 rings (SSSR count). The van der Waals surface area contributed by atoms with E-state index < -0.39 is 0 Å². The molecule has 0 spiro atoms. The van der Waals surface area contributed by atoms with E-state index in [1.165, 1.54) is 0 Å². The zero-order valence-corrected chi connectivity index (χ0v) is 13.3. The highest BCUT2D eigenvalue weighted by atomic mass is 16.5. The van der Waals surface area contributed by atoms with Crippen LogP contribution in [0.3, 0.4) is 0 Å². The van der Waals surface area contributed by atoms with E-state index in [2.05, 4.69) is 10.3 Å². The summed E-state index contributed by atoms with van der Waals surface area (Å²) < 4.78 is 5.51. The molecule has 1 aromatic carbocycles. The number of nitrogens with zero attached hydrogens (tertiary/aromatic N) is 2. The average molecular weight is 325 g/mol. The number of hydrogen-bond acceptors (Lipinski definition) is 4. The van der Waals surface area contributed by atoms with Gasteiger partial charge in [0.1, 0.15) is 5.75 Å². The van der Waals surface area contributed by atoms with Gasteiger partial charge in [-0.1, -0.05) is 24.3 Å². The van der Waals surface area contributed by atoms with Crippen molar-refractivity contribution in [3.8, 4) is 5.75 Å². The SMILES string of the molecule is O=C(Cc1cccnc1)NCCN1Cc2ccccc2OCC1=O. The normalized spacial score (nSPS) is 13.7. The van der Waals surface area contributed by atoms with Crippen molar-refractivity contribution in [3.05, 3.63) is 59.9 Å². The average Bonchev–Trinajstić information content (AvgIpc) is 2.75. The number of benzene rings is 1. The third kappa shape index (κ3) is 4.10. The Morgan fingerprint density at radius 3 is 2.96 bits per heavy atom. The Balaban J connectivity index is 1.50. The van der Waals surface area contributed by atoms with Crippen LogP contribution in [0, 0.1) is 0 Å². The van der Waals surface area contributed by atoms with Crippen LogP contribution in [0.1, 0.15) is 11.1 Å². The standard InChI is InChI=1S/C18H19N3O3/c22-17(10-14-4-3-7-19-11-14)20-8-9-21-12-15-5-1-2-6-16(15)24-13-18(21)23/h1-7,11H,8-10,12-13H2,(H,20,22). The highest BCUT2D eigenvalue weighted by Crippen LogP contribution is 2.22. The number of para-hydroxylation sites is 1. The lowest BCUT2D eigenvalue weighted by atomic mass is 10.2. The molecule has 124 valence electrons. The summed E-state index contributed by atoms with van der Waals surface area (Å²) in [6.45, 7) is 1.39. The fraction of sp³-hybridized carbons (Fsp3) is 0.278.